The second-order valence-corrected chi connectivity index (χ2v) is 7.08. The molecule has 4 rings (SSSR count). The molecule has 3 aromatic rings. The number of fused-ring (bicyclic) bond motifs is 3. The average molecular weight is 406 g/mol. The molecule has 0 bridgehead atoms. The summed E-state index contributed by atoms with van der Waals surface area (Å²) in [7, 11) is 0. The molecule has 0 spiro atoms. The lowest BCUT2D eigenvalue weighted by molar-refractivity contribution is -0.246. The summed E-state index contributed by atoms with van der Waals surface area (Å²) in [5.41, 5.74) is -3.26. The van der Waals surface area contributed by atoms with Crippen LogP contribution in [0.1, 0.15) is 30.5 Å². The van der Waals surface area contributed by atoms with E-state index in [0.717, 1.165) is 12.1 Å². The first-order valence-corrected chi connectivity index (χ1v) is 9.10. The van der Waals surface area contributed by atoms with Crippen LogP contribution in [-0.4, -0.2) is 32.8 Å². The summed E-state index contributed by atoms with van der Waals surface area (Å²) in [4.78, 5) is 0. The van der Waals surface area contributed by atoms with Crippen molar-refractivity contribution in [2.75, 3.05) is 6.61 Å². The number of aliphatic hydroxyl groups excluding tert-OH is 1. The molecule has 29 heavy (non-hydrogen) atoms. The summed E-state index contributed by atoms with van der Waals surface area (Å²) >= 11 is 0. The number of rotatable bonds is 4. The molecule has 8 heteroatoms. The number of halogens is 4. The van der Waals surface area contributed by atoms with Crippen LogP contribution in [0.2, 0.25) is 0 Å². The van der Waals surface area contributed by atoms with E-state index in [4.69, 9.17) is 0 Å². The Hall–Kier alpha value is -2.71. The van der Waals surface area contributed by atoms with Crippen LogP contribution in [0.25, 0.3) is 22.3 Å². The third-order valence-corrected chi connectivity index (χ3v) is 5.46. The number of benzene rings is 2. The molecule has 1 aliphatic carbocycles. The summed E-state index contributed by atoms with van der Waals surface area (Å²) in [5.74, 6) is -0.892. The molecular weight excluding hydrogens is 388 g/mol. The molecule has 4 nitrogen and oxygen atoms in total. The molecule has 0 amide bonds. The Balaban J connectivity index is 2.00. The lowest BCUT2D eigenvalue weighted by Crippen LogP contribution is -2.41. The normalized spacial score (nSPS) is 19.1. The van der Waals surface area contributed by atoms with Crippen LogP contribution >= 0.6 is 0 Å². The molecular formula is C21H18F4N2O2. The fraction of sp³-hybridized carbons (Fsp3) is 0.286. The van der Waals surface area contributed by atoms with Crippen LogP contribution in [0.3, 0.4) is 0 Å². The van der Waals surface area contributed by atoms with Crippen molar-refractivity contribution in [3.63, 3.8) is 0 Å². The van der Waals surface area contributed by atoms with Gasteiger partial charge in [-0.3, -0.25) is 4.68 Å². The second kappa shape index (κ2) is 6.67. The largest absolute Gasteiger partial charge is 0.425 e. The zero-order chi connectivity index (χ0) is 21.0. The van der Waals surface area contributed by atoms with Gasteiger partial charge < -0.3 is 10.2 Å². The van der Waals surface area contributed by atoms with Gasteiger partial charge in [0.2, 0.25) is 5.60 Å². The van der Waals surface area contributed by atoms with Gasteiger partial charge >= 0.3 is 6.18 Å². The first-order chi connectivity index (χ1) is 13.7. The molecule has 152 valence electrons. The Bertz CT molecular complexity index is 1070. The summed E-state index contributed by atoms with van der Waals surface area (Å²) in [6.07, 6.45) is -1.46. The van der Waals surface area contributed by atoms with Crippen molar-refractivity contribution in [3.05, 3.63) is 65.7 Å². The highest BCUT2D eigenvalue weighted by Crippen LogP contribution is 2.57. The Kier molecular flexibility index (Phi) is 4.51. The van der Waals surface area contributed by atoms with Crippen molar-refractivity contribution in [1.29, 1.82) is 0 Å². The maximum Gasteiger partial charge on any atom is 0.425 e. The third-order valence-electron chi connectivity index (χ3n) is 5.46. The molecule has 2 atom stereocenters. The maximum absolute atomic E-state index is 14.4. The predicted octanol–water partition coefficient (Wildman–Crippen LogP) is 4.41. The van der Waals surface area contributed by atoms with E-state index in [1.54, 1.807) is 12.3 Å². The number of aliphatic hydroxyl groups is 2. The zero-order valence-corrected chi connectivity index (χ0v) is 15.4. The van der Waals surface area contributed by atoms with Crippen LogP contribution in [0.4, 0.5) is 17.6 Å². The number of hydrogen-bond donors (Lipinski definition) is 2. The standard InChI is InChI=1S/C21H18F4N2O2/c1-2-14(11-28)27-10-12(9-26-27)16-7-13(22)8-18-19(16)15-5-3-4-6-17(15)20(18,29)21(23,24)25/h3-10,14,28-29H,2,11H2,1H3/t14?,20-/m1/s1. The third kappa shape index (κ3) is 2.78. The minimum absolute atomic E-state index is 0.124. The minimum Gasteiger partial charge on any atom is -0.394 e. The van der Waals surface area contributed by atoms with E-state index in [0.29, 0.717) is 12.0 Å². The first kappa shape index (κ1) is 19.6. The number of nitrogens with zero attached hydrogens (tertiary/aromatic N) is 2. The highest BCUT2D eigenvalue weighted by atomic mass is 19.4. The fourth-order valence-electron chi connectivity index (χ4n) is 3.95. The summed E-state index contributed by atoms with van der Waals surface area (Å²) in [5, 5.41) is 24.4. The van der Waals surface area contributed by atoms with Gasteiger partial charge in [-0.15, -0.1) is 0 Å². The lowest BCUT2D eigenvalue weighted by Gasteiger charge is -2.28. The molecule has 1 heterocycles. The van der Waals surface area contributed by atoms with E-state index in [-0.39, 0.29) is 34.9 Å². The molecule has 2 aromatic carbocycles. The number of hydrogen-bond acceptors (Lipinski definition) is 3. The molecule has 1 aromatic heterocycles. The first-order valence-electron chi connectivity index (χ1n) is 9.10. The van der Waals surface area contributed by atoms with Crippen LogP contribution in [0.5, 0.6) is 0 Å². The lowest BCUT2D eigenvalue weighted by atomic mass is 9.89. The van der Waals surface area contributed by atoms with Gasteiger partial charge in [-0.1, -0.05) is 31.2 Å². The topological polar surface area (TPSA) is 58.3 Å². The van der Waals surface area contributed by atoms with E-state index in [1.807, 2.05) is 6.92 Å². The number of aromatic nitrogens is 2. The van der Waals surface area contributed by atoms with E-state index in [9.17, 15) is 27.8 Å². The Labute approximate surface area is 164 Å². The van der Waals surface area contributed by atoms with E-state index in [1.165, 1.54) is 29.1 Å². The summed E-state index contributed by atoms with van der Waals surface area (Å²) in [6.45, 7) is 1.71. The molecule has 0 radical (unpaired) electrons. The van der Waals surface area contributed by atoms with Gasteiger partial charge in [-0.05, 0) is 35.2 Å². The molecule has 1 aliphatic rings. The molecule has 1 unspecified atom stereocenters. The quantitative estimate of drug-likeness (QED) is 0.631. The van der Waals surface area contributed by atoms with Crippen LogP contribution < -0.4 is 0 Å². The van der Waals surface area contributed by atoms with Crippen molar-refractivity contribution in [3.8, 4) is 22.3 Å². The van der Waals surface area contributed by atoms with Crippen molar-refractivity contribution in [1.82, 2.24) is 9.78 Å². The van der Waals surface area contributed by atoms with Crippen molar-refractivity contribution >= 4 is 0 Å². The van der Waals surface area contributed by atoms with Gasteiger partial charge in [0.15, 0.2) is 0 Å². The molecule has 0 fully saturated rings. The highest BCUT2D eigenvalue weighted by Gasteiger charge is 2.61. The van der Waals surface area contributed by atoms with Gasteiger partial charge in [0.05, 0.1) is 18.8 Å². The monoisotopic (exact) mass is 406 g/mol. The Morgan fingerprint density at radius 2 is 1.86 bits per heavy atom. The fourth-order valence-corrected chi connectivity index (χ4v) is 3.95. The van der Waals surface area contributed by atoms with Crippen LogP contribution in [0.15, 0.2) is 48.8 Å². The molecule has 0 saturated heterocycles. The van der Waals surface area contributed by atoms with Crippen LogP contribution in [0, 0.1) is 5.82 Å². The SMILES string of the molecule is CCC(CO)n1cc(-c2cc(F)cc3c2-c2ccccc2[C@]3(O)C(F)(F)F)cn1. The number of alkyl halides is 3. The van der Waals surface area contributed by atoms with Gasteiger partial charge in [-0.2, -0.15) is 18.3 Å². The predicted molar refractivity (Wildman–Crippen MR) is 98.5 cm³/mol. The van der Waals surface area contributed by atoms with Crippen molar-refractivity contribution < 1.29 is 27.8 Å². The minimum atomic E-state index is -5.03. The van der Waals surface area contributed by atoms with Crippen molar-refractivity contribution in [2.45, 2.75) is 31.2 Å². The second-order valence-electron chi connectivity index (χ2n) is 7.08. The van der Waals surface area contributed by atoms with Gasteiger partial charge in [0.25, 0.3) is 0 Å². The maximum atomic E-state index is 14.4. The van der Waals surface area contributed by atoms with Gasteiger partial charge in [-0.25, -0.2) is 4.39 Å². The van der Waals surface area contributed by atoms with E-state index < -0.39 is 23.2 Å². The Morgan fingerprint density at radius 3 is 2.52 bits per heavy atom. The van der Waals surface area contributed by atoms with Crippen LogP contribution in [-0.2, 0) is 5.60 Å². The smallest absolute Gasteiger partial charge is 0.394 e. The van der Waals surface area contributed by atoms with Gasteiger partial charge in [0.1, 0.15) is 5.82 Å². The Morgan fingerprint density at radius 1 is 1.14 bits per heavy atom. The average Bonchev–Trinajstić information content (AvgIpc) is 3.25. The molecule has 0 aliphatic heterocycles. The zero-order valence-electron chi connectivity index (χ0n) is 15.4. The molecule has 0 saturated carbocycles. The van der Waals surface area contributed by atoms with Gasteiger partial charge in [0, 0.05) is 22.9 Å². The van der Waals surface area contributed by atoms with E-state index in [2.05, 4.69) is 5.10 Å². The summed E-state index contributed by atoms with van der Waals surface area (Å²) in [6, 6.07) is 7.23. The highest BCUT2D eigenvalue weighted by molar-refractivity contribution is 5.92. The molecule has 2 N–H and O–H groups in total. The van der Waals surface area contributed by atoms with Crippen molar-refractivity contribution in [2.24, 2.45) is 0 Å². The van der Waals surface area contributed by atoms with E-state index >= 15 is 0 Å². The summed E-state index contributed by atoms with van der Waals surface area (Å²) < 4.78 is 57.8.